The Balaban J connectivity index is 1.84. The zero-order chi connectivity index (χ0) is 18.4. The van der Waals surface area contributed by atoms with Crippen LogP contribution in [0.1, 0.15) is 10.4 Å². The summed E-state index contributed by atoms with van der Waals surface area (Å²) in [5, 5.41) is 6.24. The second-order valence-electron chi connectivity index (χ2n) is 5.25. The number of esters is 1. The number of nitrogens with one attached hydrogen (secondary N) is 2. The number of carbonyl (C=O) groups excluding carboxylic acids is 1. The van der Waals surface area contributed by atoms with Crippen LogP contribution in [0.25, 0.3) is 0 Å². The number of rotatable bonds is 6. The van der Waals surface area contributed by atoms with Crippen molar-refractivity contribution in [3.05, 3.63) is 66.4 Å². The van der Waals surface area contributed by atoms with Gasteiger partial charge < -0.3 is 20.1 Å². The van der Waals surface area contributed by atoms with Crippen LogP contribution in [-0.2, 0) is 4.74 Å². The zero-order valence-corrected chi connectivity index (χ0v) is 14.4. The summed E-state index contributed by atoms with van der Waals surface area (Å²) >= 11 is 0. The number of nitrogens with zero attached hydrogens (tertiary/aromatic N) is 2. The summed E-state index contributed by atoms with van der Waals surface area (Å²) in [5.41, 5.74) is 1.75. The first-order valence-corrected chi connectivity index (χ1v) is 7.88. The number of methoxy groups -OCH3 is 2. The lowest BCUT2D eigenvalue weighted by atomic mass is 10.2. The minimum absolute atomic E-state index is 0.348. The van der Waals surface area contributed by atoms with Crippen LogP contribution in [-0.4, -0.2) is 30.2 Å². The van der Waals surface area contributed by atoms with Gasteiger partial charge in [0.15, 0.2) is 0 Å². The quantitative estimate of drug-likeness (QED) is 0.655. The number of hydrogen-bond acceptors (Lipinski definition) is 7. The molecule has 0 aliphatic heterocycles. The number of carbonyl (C=O) groups is 1. The molecule has 0 saturated heterocycles. The van der Waals surface area contributed by atoms with Gasteiger partial charge in [-0.25, -0.2) is 9.78 Å². The molecule has 3 rings (SSSR count). The van der Waals surface area contributed by atoms with Gasteiger partial charge in [0.1, 0.15) is 11.6 Å². The van der Waals surface area contributed by atoms with Crippen molar-refractivity contribution >= 4 is 29.1 Å². The molecule has 7 nitrogen and oxygen atoms in total. The van der Waals surface area contributed by atoms with E-state index in [1.54, 1.807) is 37.6 Å². The summed E-state index contributed by atoms with van der Waals surface area (Å²) < 4.78 is 10.1. The number of hydrogen-bond donors (Lipinski definition) is 2. The van der Waals surface area contributed by atoms with Gasteiger partial charge in [0, 0.05) is 6.20 Å². The van der Waals surface area contributed by atoms with Gasteiger partial charge in [-0.2, -0.15) is 4.98 Å². The molecule has 1 aromatic heterocycles. The Kier molecular flexibility index (Phi) is 5.28. The van der Waals surface area contributed by atoms with E-state index in [-0.39, 0.29) is 0 Å². The van der Waals surface area contributed by atoms with Crippen LogP contribution >= 0.6 is 0 Å². The van der Waals surface area contributed by atoms with Crippen LogP contribution < -0.4 is 15.4 Å². The van der Waals surface area contributed by atoms with Crippen LogP contribution in [0.3, 0.4) is 0 Å². The highest BCUT2D eigenvalue weighted by Gasteiger charge is 2.12. The lowest BCUT2D eigenvalue weighted by Crippen LogP contribution is -2.07. The normalized spacial score (nSPS) is 10.1. The van der Waals surface area contributed by atoms with Gasteiger partial charge in [-0.1, -0.05) is 24.3 Å². The number of para-hydroxylation sites is 3. The van der Waals surface area contributed by atoms with E-state index >= 15 is 0 Å². The highest BCUT2D eigenvalue weighted by molar-refractivity contribution is 5.96. The molecule has 0 fully saturated rings. The predicted octanol–water partition coefficient (Wildman–Crippen LogP) is 3.76. The average molecular weight is 350 g/mol. The Labute approximate surface area is 151 Å². The summed E-state index contributed by atoms with van der Waals surface area (Å²) in [4.78, 5) is 20.5. The van der Waals surface area contributed by atoms with Gasteiger partial charge in [-0.15, -0.1) is 0 Å². The van der Waals surface area contributed by atoms with Crippen molar-refractivity contribution in [1.29, 1.82) is 0 Å². The van der Waals surface area contributed by atoms with Crippen molar-refractivity contribution in [2.45, 2.75) is 0 Å². The maximum absolute atomic E-state index is 11.9. The third-order valence-corrected chi connectivity index (χ3v) is 3.60. The molecule has 132 valence electrons. The van der Waals surface area contributed by atoms with Gasteiger partial charge in [-0.05, 0) is 30.3 Å². The number of anilines is 4. The minimum Gasteiger partial charge on any atom is -0.495 e. The number of ether oxygens (including phenoxy) is 2. The Bertz CT molecular complexity index is 915. The largest absolute Gasteiger partial charge is 0.495 e. The van der Waals surface area contributed by atoms with Gasteiger partial charge in [0.05, 0.1) is 31.2 Å². The summed E-state index contributed by atoms with van der Waals surface area (Å²) in [7, 11) is 2.95. The fourth-order valence-corrected chi connectivity index (χ4v) is 2.37. The fraction of sp³-hybridized carbons (Fsp3) is 0.105. The predicted molar refractivity (Wildman–Crippen MR) is 99.4 cm³/mol. The third kappa shape index (κ3) is 3.89. The molecule has 2 aromatic carbocycles. The van der Waals surface area contributed by atoms with E-state index in [9.17, 15) is 4.79 Å². The standard InChI is InChI=1S/C19H18N4O3/c1-25-16-10-6-5-9-15(16)21-17-11-12-20-19(23-17)22-14-8-4-3-7-13(14)18(24)26-2/h3-12H,1-2H3,(H2,20,21,22,23). The van der Waals surface area contributed by atoms with E-state index in [4.69, 9.17) is 9.47 Å². The second kappa shape index (κ2) is 7.98. The first kappa shape index (κ1) is 17.2. The summed E-state index contributed by atoms with van der Waals surface area (Å²) in [6.07, 6.45) is 1.62. The van der Waals surface area contributed by atoms with E-state index in [2.05, 4.69) is 20.6 Å². The number of aromatic nitrogens is 2. The Morgan fingerprint density at radius 3 is 2.42 bits per heavy atom. The summed E-state index contributed by atoms with van der Waals surface area (Å²) in [5.74, 6) is 1.21. The average Bonchev–Trinajstić information content (AvgIpc) is 2.68. The molecule has 0 aliphatic carbocycles. The van der Waals surface area contributed by atoms with Gasteiger partial charge >= 0.3 is 5.97 Å². The molecule has 1 heterocycles. The fourth-order valence-electron chi connectivity index (χ4n) is 2.37. The van der Waals surface area contributed by atoms with Crippen molar-refractivity contribution in [3.8, 4) is 5.75 Å². The molecule has 0 unspecified atom stereocenters. The molecule has 0 aliphatic rings. The van der Waals surface area contributed by atoms with Gasteiger partial charge in [-0.3, -0.25) is 0 Å². The van der Waals surface area contributed by atoms with Crippen LogP contribution in [0.5, 0.6) is 5.75 Å². The minimum atomic E-state index is -0.434. The molecule has 0 saturated carbocycles. The van der Waals surface area contributed by atoms with Gasteiger partial charge in [0.2, 0.25) is 5.95 Å². The lowest BCUT2D eigenvalue weighted by Gasteiger charge is -2.12. The number of benzene rings is 2. The smallest absolute Gasteiger partial charge is 0.339 e. The van der Waals surface area contributed by atoms with Crippen molar-refractivity contribution < 1.29 is 14.3 Å². The van der Waals surface area contributed by atoms with Crippen LogP contribution in [0.15, 0.2) is 60.8 Å². The second-order valence-corrected chi connectivity index (χ2v) is 5.25. The van der Waals surface area contributed by atoms with Crippen molar-refractivity contribution in [3.63, 3.8) is 0 Å². The van der Waals surface area contributed by atoms with E-state index in [1.165, 1.54) is 7.11 Å². The van der Waals surface area contributed by atoms with Crippen LogP contribution in [0.2, 0.25) is 0 Å². The Morgan fingerprint density at radius 2 is 1.65 bits per heavy atom. The van der Waals surface area contributed by atoms with E-state index in [0.29, 0.717) is 28.8 Å². The summed E-state index contributed by atoms with van der Waals surface area (Å²) in [6, 6.07) is 16.3. The van der Waals surface area contributed by atoms with Crippen molar-refractivity contribution in [1.82, 2.24) is 9.97 Å². The van der Waals surface area contributed by atoms with Crippen molar-refractivity contribution in [2.75, 3.05) is 24.9 Å². The molecule has 0 atom stereocenters. The maximum atomic E-state index is 11.9. The monoisotopic (exact) mass is 350 g/mol. The first-order chi connectivity index (χ1) is 12.7. The Morgan fingerprint density at radius 1 is 0.923 bits per heavy atom. The zero-order valence-electron chi connectivity index (χ0n) is 14.4. The molecule has 3 aromatic rings. The summed E-state index contributed by atoms with van der Waals surface area (Å²) in [6.45, 7) is 0. The molecule has 7 heteroatoms. The van der Waals surface area contributed by atoms with Gasteiger partial charge in [0.25, 0.3) is 0 Å². The van der Waals surface area contributed by atoms with Crippen molar-refractivity contribution in [2.24, 2.45) is 0 Å². The molecule has 0 radical (unpaired) electrons. The highest BCUT2D eigenvalue weighted by Crippen LogP contribution is 2.27. The third-order valence-electron chi connectivity index (χ3n) is 3.60. The van der Waals surface area contributed by atoms with Crippen LogP contribution in [0, 0.1) is 0 Å². The Hall–Kier alpha value is -3.61. The van der Waals surface area contributed by atoms with E-state index in [1.807, 2.05) is 30.3 Å². The first-order valence-electron chi connectivity index (χ1n) is 7.88. The van der Waals surface area contributed by atoms with E-state index < -0.39 is 5.97 Å². The molecule has 0 bridgehead atoms. The highest BCUT2D eigenvalue weighted by atomic mass is 16.5. The molecule has 0 amide bonds. The topological polar surface area (TPSA) is 85.4 Å². The molecular formula is C19H18N4O3. The molecule has 26 heavy (non-hydrogen) atoms. The molecule has 2 N–H and O–H groups in total. The molecular weight excluding hydrogens is 332 g/mol. The lowest BCUT2D eigenvalue weighted by molar-refractivity contribution is 0.0602. The SMILES string of the molecule is COC(=O)c1ccccc1Nc1nccc(Nc2ccccc2OC)n1. The maximum Gasteiger partial charge on any atom is 0.339 e. The van der Waals surface area contributed by atoms with Crippen LogP contribution in [0.4, 0.5) is 23.1 Å². The molecule has 0 spiro atoms. The van der Waals surface area contributed by atoms with E-state index in [0.717, 1.165) is 5.69 Å².